The van der Waals surface area contributed by atoms with Crippen LogP contribution in [0.4, 0.5) is 0 Å². The van der Waals surface area contributed by atoms with Crippen molar-refractivity contribution in [1.82, 2.24) is 0 Å². The standard InChI is InChI=1S/C22H30O5.C22H32O4.H2O/c1-15-12-16(2)20-17(13-15)8-7-10-19(27-22(3,4)25)14-18(23)9-5-6-11-26-21(20)24;1-16-14-17(2)20-18(15-16)10-9-12-19(26-22(3,4)24)11-7-5-6-8-13-25-21(20)23;/h5,9,12-13,19,25H,6-8,10-11,14H2,1-4H3;5-6,14-15,19,24H,7-13H2,1-4H3;1H2/b9-5-;6-5-;/t2*19-;/m01./s1. The number of fused-ring (bicyclic) bond motifs is 2. The number of cyclic esters (lactones) is 2. The molecule has 10 heteroatoms. The van der Waals surface area contributed by atoms with E-state index in [2.05, 4.69) is 19.1 Å². The molecule has 0 aliphatic carbocycles. The summed E-state index contributed by atoms with van der Waals surface area (Å²) < 4.78 is 22.4. The number of benzene rings is 2. The van der Waals surface area contributed by atoms with Crippen molar-refractivity contribution < 1.29 is 49.0 Å². The summed E-state index contributed by atoms with van der Waals surface area (Å²) in [6.07, 6.45) is 14.8. The molecule has 0 saturated carbocycles. The Morgan fingerprint density at radius 2 is 1.07 bits per heavy atom. The van der Waals surface area contributed by atoms with Crippen molar-refractivity contribution in [2.75, 3.05) is 13.2 Å². The van der Waals surface area contributed by atoms with Gasteiger partial charge in [-0.25, -0.2) is 9.59 Å². The predicted molar refractivity (Wildman–Crippen MR) is 211 cm³/mol. The van der Waals surface area contributed by atoms with Crippen molar-refractivity contribution in [3.05, 3.63) is 93.1 Å². The van der Waals surface area contributed by atoms with Gasteiger partial charge >= 0.3 is 11.9 Å². The third kappa shape index (κ3) is 16.8. The van der Waals surface area contributed by atoms with Crippen LogP contribution in [-0.4, -0.2) is 70.4 Å². The number of aliphatic hydroxyl groups is 2. The van der Waals surface area contributed by atoms with Crippen LogP contribution in [0.5, 0.6) is 0 Å². The van der Waals surface area contributed by atoms with Crippen molar-refractivity contribution in [1.29, 1.82) is 0 Å². The van der Waals surface area contributed by atoms with E-state index in [9.17, 15) is 24.6 Å². The largest absolute Gasteiger partial charge is 0.462 e. The van der Waals surface area contributed by atoms with Gasteiger partial charge in [-0.1, -0.05) is 53.6 Å². The van der Waals surface area contributed by atoms with E-state index in [4.69, 9.17) is 18.9 Å². The maximum atomic E-state index is 12.6. The van der Waals surface area contributed by atoms with E-state index in [-0.39, 0.29) is 48.4 Å². The van der Waals surface area contributed by atoms with Crippen LogP contribution in [0, 0.1) is 27.7 Å². The number of ketones is 1. The van der Waals surface area contributed by atoms with E-state index < -0.39 is 11.6 Å². The van der Waals surface area contributed by atoms with Gasteiger partial charge in [-0.05, 0) is 148 Å². The van der Waals surface area contributed by atoms with Crippen molar-refractivity contribution in [2.24, 2.45) is 0 Å². The summed E-state index contributed by atoms with van der Waals surface area (Å²) in [7, 11) is 0. The Labute approximate surface area is 322 Å². The molecule has 0 radical (unpaired) electrons. The lowest BCUT2D eigenvalue weighted by Gasteiger charge is -2.26. The Morgan fingerprint density at radius 3 is 1.57 bits per heavy atom. The summed E-state index contributed by atoms with van der Waals surface area (Å²) in [5.74, 6) is -3.03. The zero-order valence-corrected chi connectivity index (χ0v) is 33.7. The van der Waals surface area contributed by atoms with Gasteiger partial charge < -0.3 is 34.6 Å². The molecule has 300 valence electrons. The molecule has 2 aliphatic heterocycles. The topological polar surface area (TPSA) is 160 Å². The van der Waals surface area contributed by atoms with Crippen LogP contribution in [0.3, 0.4) is 0 Å². The summed E-state index contributed by atoms with van der Waals surface area (Å²) in [5, 5.41) is 20.0. The molecule has 0 aromatic heterocycles. The maximum absolute atomic E-state index is 12.6. The predicted octanol–water partition coefficient (Wildman–Crippen LogP) is 7.63. The molecule has 0 spiro atoms. The molecule has 0 unspecified atom stereocenters. The van der Waals surface area contributed by atoms with Crippen LogP contribution >= 0.6 is 0 Å². The van der Waals surface area contributed by atoms with Gasteiger partial charge in [0.25, 0.3) is 0 Å². The van der Waals surface area contributed by atoms with Gasteiger partial charge in [-0.15, -0.1) is 0 Å². The summed E-state index contributed by atoms with van der Waals surface area (Å²) in [6, 6.07) is 8.12. The molecule has 54 heavy (non-hydrogen) atoms. The van der Waals surface area contributed by atoms with Crippen LogP contribution in [0.2, 0.25) is 0 Å². The van der Waals surface area contributed by atoms with Gasteiger partial charge in [0.15, 0.2) is 17.4 Å². The van der Waals surface area contributed by atoms with Crippen molar-refractivity contribution in [2.45, 2.75) is 150 Å². The van der Waals surface area contributed by atoms with E-state index in [1.807, 2.05) is 45.0 Å². The van der Waals surface area contributed by atoms with Crippen molar-refractivity contribution in [3.8, 4) is 0 Å². The molecule has 2 aromatic rings. The average molecular weight is 753 g/mol. The second-order valence-corrected chi connectivity index (χ2v) is 15.4. The molecule has 2 heterocycles. The molecule has 10 nitrogen and oxygen atoms in total. The lowest BCUT2D eigenvalue weighted by atomic mass is 9.94. The number of ether oxygens (including phenoxy) is 4. The van der Waals surface area contributed by atoms with Gasteiger partial charge in [0, 0.05) is 6.42 Å². The van der Waals surface area contributed by atoms with E-state index in [1.54, 1.807) is 33.8 Å². The number of esters is 2. The van der Waals surface area contributed by atoms with E-state index >= 15 is 0 Å². The van der Waals surface area contributed by atoms with E-state index in [1.165, 1.54) is 6.08 Å². The minimum atomic E-state index is -1.30. The maximum Gasteiger partial charge on any atom is 0.338 e. The third-order valence-corrected chi connectivity index (χ3v) is 8.98. The molecule has 0 fully saturated rings. The van der Waals surface area contributed by atoms with Gasteiger partial charge in [0.1, 0.15) is 0 Å². The van der Waals surface area contributed by atoms with Gasteiger partial charge in [0.05, 0.1) is 36.5 Å². The van der Waals surface area contributed by atoms with Crippen molar-refractivity contribution in [3.63, 3.8) is 0 Å². The molecular formula is C44H64O10. The molecule has 2 aromatic carbocycles. The minimum Gasteiger partial charge on any atom is -0.462 e. The highest BCUT2D eigenvalue weighted by atomic mass is 16.6. The molecule has 2 aliphatic rings. The Kier molecular flexibility index (Phi) is 19.0. The monoisotopic (exact) mass is 752 g/mol. The summed E-state index contributed by atoms with van der Waals surface area (Å²) in [4.78, 5) is 37.3. The number of aryl methyl sites for hydroxylation is 6. The first-order valence-electron chi connectivity index (χ1n) is 19.1. The first kappa shape index (κ1) is 46.5. The number of carbonyl (C=O) groups excluding carboxylic acids is 3. The van der Waals surface area contributed by atoms with Crippen LogP contribution < -0.4 is 0 Å². The smallest absolute Gasteiger partial charge is 0.338 e. The van der Waals surface area contributed by atoms with E-state index in [0.717, 1.165) is 71.9 Å². The molecule has 0 saturated heterocycles. The zero-order valence-electron chi connectivity index (χ0n) is 33.7. The fourth-order valence-corrected chi connectivity index (χ4v) is 7.02. The highest BCUT2D eigenvalue weighted by molar-refractivity contribution is 5.93. The van der Waals surface area contributed by atoms with Gasteiger partial charge in [0.2, 0.25) is 0 Å². The Morgan fingerprint density at radius 1 is 0.630 bits per heavy atom. The summed E-state index contributed by atoms with van der Waals surface area (Å²) in [5.41, 5.74) is 7.48. The molecule has 2 atom stereocenters. The second kappa shape index (κ2) is 22.0. The summed E-state index contributed by atoms with van der Waals surface area (Å²) in [6.45, 7) is 15.1. The quantitative estimate of drug-likeness (QED) is 0.182. The Balaban J connectivity index is 0.000000367. The first-order valence-corrected chi connectivity index (χ1v) is 19.1. The minimum absolute atomic E-state index is 0. The number of carbonyl (C=O) groups is 3. The average Bonchev–Trinajstić information content (AvgIpc) is 3.01. The lowest BCUT2D eigenvalue weighted by Crippen LogP contribution is -2.31. The Bertz CT molecular complexity index is 1590. The molecule has 4 rings (SSSR count). The zero-order chi connectivity index (χ0) is 39.2. The molecular weight excluding hydrogens is 688 g/mol. The SMILES string of the molecule is Cc1cc(C)c2c(c1)CCC[C@H](OC(C)(C)O)CC(=O)/C=C\CCOC2=O.Cc1cc(C)c2c(c1)CCC[C@H](OC(C)(C)O)CC/C=C\CCOC2=O.O. The fourth-order valence-electron chi connectivity index (χ4n) is 7.02. The molecule has 4 N–H and O–H groups in total. The van der Waals surface area contributed by atoms with Crippen molar-refractivity contribution >= 4 is 17.7 Å². The number of hydrogen-bond acceptors (Lipinski definition) is 9. The summed E-state index contributed by atoms with van der Waals surface area (Å²) >= 11 is 0. The van der Waals surface area contributed by atoms with Gasteiger partial charge in [-0.3, -0.25) is 4.79 Å². The van der Waals surface area contributed by atoms with Crippen LogP contribution in [0.15, 0.2) is 48.6 Å². The third-order valence-electron chi connectivity index (χ3n) is 8.98. The highest BCUT2D eigenvalue weighted by Crippen LogP contribution is 2.25. The molecule has 0 amide bonds. The Hall–Kier alpha value is -3.67. The number of allylic oxidation sites excluding steroid dienone is 2. The fraction of sp³-hybridized carbons (Fsp3) is 0.568. The first-order chi connectivity index (χ1) is 24.9. The van der Waals surface area contributed by atoms with Crippen LogP contribution in [0.1, 0.15) is 140 Å². The molecule has 0 bridgehead atoms. The normalized spacial score (nSPS) is 20.9. The van der Waals surface area contributed by atoms with Gasteiger partial charge in [-0.2, -0.15) is 0 Å². The lowest BCUT2D eigenvalue weighted by molar-refractivity contribution is -0.208. The number of rotatable bonds is 4. The van der Waals surface area contributed by atoms with Crippen LogP contribution in [-0.2, 0) is 36.6 Å². The van der Waals surface area contributed by atoms with Crippen LogP contribution in [0.25, 0.3) is 0 Å². The second-order valence-electron chi connectivity index (χ2n) is 15.4. The highest BCUT2D eigenvalue weighted by Gasteiger charge is 2.24. The van der Waals surface area contributed by atoms with E-state index in [0.29, 0.717) is 43.4 Å². The number of hydrogen-bond donors (Lipinski definition) is 2.